The van der Waals surface area contributed by atoms with Crippen LogP contribution in [0.3, 0.4) is 0 Å². The normalized spacial score (nSPS) is 15.2. The second-order valence-electron chi connectivity index (χ2n) is 7.72. The summed E-state index contributed by atoms with van der Waals surface area (Å²) < 4.78 is 19.4. The molecule has 6 nitrogen and oxygen atoms in total. The summed E-state index contributed by atoms with van der Waals surface area (Å²) in [5.41, 5.74) is 2.23. The topological polar surface area (TPSA) is 57.7 Å². The van der Waals surface area contributed by atoms with Crippen molar-refractivity contribution >= 4 is 11.6 Å². The number of hydrogen-bond donors (Lipinski definition) is 1. The van der Waals surface area contributed by atoms with E-state index >= 15 is 0 Å². The maximum Gasteiger partial charge on any atom is 0.251 e. The van der Waals surface area contributed by atoms with Gasteiger partial charge in [-0.3, -0.25) is 14.7 Å². The molecule has 1 fully saturated rings. The fourth-order valence-corrected chi connectivity index (χ4v) is 4.07. The van der Waals surface area contributed by atoms with Gasteiger partial charge in [0.2, 0.25) is 0 Å². The van der Waals surface area contributed by atoms with Crippen LogP contribution in [-0.4, -0.2) is 55.6 Å². The quantitative estimate of drug-likeness (QED) is 0.617. The van der Waals surface area contributed by atoms with Crippen molar-refractivity contribution in [1.29, 1.82) is 0 Å². The number of pyridine rings is 1. The third kappa shape index (κ3) is 5.06. The number of piperazine rings is 1. The minimum Gasteiger partial charge on any atom is -0.497 e. The number of hydrogen-bond acceptors (Lipinski definition) is 5. The van der Waals surface area contributed by atoms with Crippen LogP contribution in [0.4, 0.5) is 10.1 Å². The van der Waals surface area contributed by atoms with Crippen molar-refractivity contribution in [2.24, 2.45) is 0 Å². The summed E-state index contributed by atoms with van der Waals surface area (Å²) in [6, 6.07) is 17.9. The second kappa shape index (κ2) is 10.2. The Bertz CT molecular complexity index is 1040. The molecule has 1 atom stereocenters. The van der Waals surface area contributed by atoms with Crippen LogP contribution in [0.15, 0.2) is 73.1 Å². The van der Waals surface area contributed by atoms with Gasteiger partial charge >= 0.3 is 0 Å². The molecule has 1 amide bonds. The number of methoxy groups -OCH3 is 1. The van der Waals surface area contributed by atoms with Crippen LogP contribution in [-0.2, 0) is 0 Å². The molecule has 0 bridgehead atoms. The van der Waals surface area contributed by atoms with Crippen molar-refractivity contribution in [3.05, 3.63) is 90.0 Å². The number of aromatic nitrogens is 1. The molecule has 1 saturated heterocycles. The van der Waals surface area contributed by atoms with Crippen molar-refractivity contribution < 1.29 is 13.9 Å². The van der Waals surface area contributed by atoms with Gasteiger partial charge in [0, 0.05) is 50.7 Å². The number of anilines is 1. The van der Waals surface area contributed by atoms with Gasteiger partial charge in [0.25, 0.3) is 5.91 Å². The fourth-order valence-electron chi connectivity index (χ4n) is 4.07. The molecule has 4 rings (SSSR count). The van der Waals surface area contributed by atoms with Crippen molar-refractivity contribution in [1.82, 2.24) is 15.2 Å². The van der Waals surface area contributed by atoms with E-state index in [2.05, 4.69) is 20.1 Å². The maximum absolute atomic E-state index is 14.2. The van der Waals surface area contributed by atoms with Gasteiger partial charge in [-0.25, -0.2) is 4.39 Å². The van der Waals surface area contributed by atoms with Gasteiger partial charge in [-0.1, -0.05) is 24.3 Å². The van der Waals surface area contributed by atoms with Crippen molar-refractivity contribution in [2.45, 2.75) is 6.04 Å². The summed E-state index contributed by atoms with van der Waals surface area (Å²) in [6.07, 6.45) is 3.58. The highest BCUT2D eigenvalue weighted by molar-refractivity contribution is 5.94. The number of carbonyl (C=O) groups excluding carboxylic acids is 1. The summed E-state index contributed by atoms with van der Waals surface area (Å²) in [5.74, 6) is 0.295. The van der Waals surface area contributed by atoms with E-state index in [0.29, 0.717) is 36.6 Å². The van der Waals surface area contributed by atoms with Crippen LogP contribution in [0.5, 0.6) is 5.75 Å². The number of halogens is 1. The lowest BCUT2D eigenvalue weighted by Crippen LogP contribution is -2.50. The number of rotatable bonds is 7. The summed E-state index contributed by atoms with van der Waals surface area (Å²) in [7, 11) is 1.58. The molecule has 2 aromatic carbocycles. The van der Waals surface area contributed by atoms with E-state index < -0.39 is 0 Å². The summed E-state index contributed by atoms with van der Waals surface area (Å²) >= 11 is 0. The van der Waals surface area contributed by atoms with Crippen molar-refractivity contribution in [2.75, 3.05) is 44.7 Å². The molecule has 1 aromatic heterocycles. The lowest BCUT2D eigenvalue weighted by atomic mass is 10.1. The minimum absolute atomic E-state index is 0.0268. The largest absolute Gasteiger partial charge is 0.497 e. The molecule has 0 unspecified atom stereocenters. The highest BCUT2D eigenvalue weighted by Gasteiger charge is 2.27. The highest BCUT2D eigenvalue weighted by Crippen LogP contribution is 2.25. The zero-order chi connectivity index (χ0) is 22.3. The van der Waals surface area contributed by atoms with Gasteiger partial charge in [0.1, 0.15) is 11.6 Å². The second-order valence-corrected chi connectivity index (χ2v) is 7.72. The predicted octanol–water partition coefficient (Wildman–Crippen LogP) is 3.52. The zero-order valence-corrected chi connectivity index (χ0v) is 18.1. The Morgan fingerprint density at radius 1 is 1.09 bits per heavy atom. The van der Waals surface area contributed by atoms with E-state index in [9.17, 15) is 9.18 Å². The van der Waals surface area contributed by atoms with Crippen LogP contribution in [0, 0.1) is 5.82 Å². The van der Waals surface area contributed by atoms with Gasteiger partial charge in [0.05, 0.1) is 18.8 Å². The van der Waals surface area contributed by atoms with Crippen LogP contribution in [0.25, 0.3) is 0 Å². The van der Waals surface area contributed by atoms with Crippen molar-refractivity contribution in [3.8, 4) is 5.75 Å². The highest BCUT2D eigenvalue weighted by atomic mass is 19.1. The van der Waals surface area contributed by atoms with Crippen molar-refractivity contribution in [3.63, 3.8) is 0 Å². The van der Waals surface area contributed by atoms with Crippen LogP contribution in [0.1, 0.15) is 22.0 Å². The molecule has 0 saturated carbocycles. The number of amides is 1. The van der Waals surface area contributed by atoms with Crippen LogP contribution in [0.2, 0.25) is 0 Å². The van der Waals surface area contributed by atoms with E-state index in [-0.39, 0.29) is 17.8 Å². The fraction of sp³-hybridized carbons (Fsp3) is 0.280. The molecule has 166 valence electrons. The molecule has 2 heterocycles. The third-order valence-corrected chi connectivity index (χ3v) is 5.81. The monoisotopic (exact) mass is 434 g/mol. The Kier molecular flexibility index (Phi) is 6.97. The molecule has 0 spiro atoms. The number of ether oxygens (including phenoxy) is 1. The Labute approximate surface area is 187 Å². The Morgan fingerprint density at radius 2 is 1.91 bits per heavy atom. The van der Waals surface area contributed by atoms with E-state index in [1.807, 2.05) is 36.5 Å². The minimum atomic E-state index is -0.199. The molecular weight excluding hydrogens is 407 g/mol. The number of benzene rings is 2. The average molecular weight is 435 g/mol. The first-order chi connectivity index (χ1) is 15.7. The third-order valence-electron chi connectivity index (χ3n) is 5.81. The van der Waals surface area contributed by atoms with Crippen LogP contribution >= 0.6 is 0 Å². The first-order valence-electron chi connectivity index (χ1n) is 10.7. The Hall–Kier alpha value is -3.45. The smallest absolute Gasteiger partial charge is 0.251 e. The molecule has 3 aromatic rings. The van der Waals surface area contributed by atoms with E-state index in [1.165, 1.54) is 6.07 Å². The molecular formula is C25H27FN4O2. The number of nitrogens with one attached hydrogen (secondary N) is 1. The Morgan fingerprint density at radius 3 is 2.62 bits per heavy atom. The summed E-state index contributed by atoms with van der Waals surface area (Å²) in [5, 5.41) is 3.06. The SMILES string of the molecule is COc1cccc(C(=O)NC[C@H](c2cccnc2)N2CCN(c3ccccc3F)CC2)c1. The first kappa shape index (κ1) is 21.8. The van der Waals surface area contributed by atoms with Gasteiger partial charge in [-0.2, -0.15) is 0 Å². The van der Waals surface area contributed by atoms with E-state index in [0.717, 1.165) is 18.7 Å². The molecule has 7 heteroatoms. The molecule has 1 N–H and O–H groups in total. The number of carbonyl (C=O) groups is 1. The van der Waals surface area contributed by atoms with Gasteiger partial charge < -0.3 is 15.0 Å². The Balaban J connectivity index is 1.45. The number of para-hydroxylation sites is 1. The maximum atomic E-state index is 14.2. The van der Waals surface area contributed by atoms with E-state index in [4.69, 9.17) is 4.74 Å². The molecule has 0 aliphatic carbocycles. The number of nitrogens with zero attached hydrogens (tertiary/aromatic N) is 3. The first-order valence-corrected chi connectivity index (χ1v) is 10.7. The molecule has 1 aliphatic heterocycles. The molecule has 0 radical (unpaired) electrons. The average Bonchev–Trinajstić information content (AvgIpc) is 2.85. The summed E-state index contributed by atoms with van der Waals surface area (Å²) in [6.45, 7) is 3.37. The lowest BCUT2D eigenvalue weighted by Gasteiger charge is -2.40. The van der Waals surface area contributed by atoms with E-state index in [1.54, 1.807) is 37.6 Å². The van der Waals surface area contributed by atoms with Gasteiger partial charge in [-0.05, 0) is 42.0 Å². The van der Waals surface area contributed by atoms with Crippen LogP contribution < -0.4 is 15.0 Å². The lowest BCUT2D eigenvalue weighted by molar-refractivity contribution is 0.0929. The summed E-state index contributed by atoms with van der Waals surface area (Å²) in [4.78, 5) is 21.4. The van der Waals surface area contributed by atoms with Gasteiger partial charge in [0.15, 0.2) is 0 Å². The molecule has 1 aliphatic rings. The molecule has 32 heavy (non-hydrogen) atoms. The zero-order valence-electron chi connectivity index (χ0n) is 18.1. The van der Waals surface area contributed by atoms with Gasteiger partial charge in [-0.15, -0.1) is 0 Å². The predicted molar refractivity (Wildman–Crippen MR) is 122 cm³/mol. The standard InChI is InChI=1S/C25H27FN4O2/c1-32-21-8-4-6-19(16-21)25(31)28-18-24(20-7-5-11-27-17-20)30-14-12-29(13-15-30)23-10-3-2-9-22(23)26/h2-11,16-17,24H,12-15,18H2,1H3,(H,28,31)/t24-/m1/s1.